The molecule has 0 saturated carbocycles. The van der Waals surface area contributed by atoms with Crippen molar-refractivity contribution in [2.24, 2.45) is 5.92 Å². The Hall–Kier alpha value is -0.0200. The highest BCUT2D eigenvalue weighted by molar-refractivity contribution is 7.99. The maximum absolute atomic E-state index is 12.0. The van der Waals surface area contributed by atoms with Crippen molar-refractivity contribution in [3.05, 3.63) is 0 Å². The van der Waals surface area contributed by atoms with E-state index in [1.807, 2.05) is 0 Å². The lowest BCUT2D eigenvalue weighted by atomic mass is 10.0. The van der Waals surface area contributed by atoms with E-state index in [1.165, 1.54) is 4.31 Å². The molecule has 1 amide bonds. The molecule has 0 aromatic carbocycles. The second-order valence-electron chi connectivity index (χ2n) is 4.47. The Bertz CT molecular complexity index is 395. The Morgan fingerprint density at radius 1 is 1.32 bits per heavy atom. The van der Waals surface area contributed by atoms with Crippen LogP contribution in [0, 0.1) is 5.92 Å². The predicted molar refractivity (Wildman–Crippen MR) is 79.3 cm³/mol. The fourth-order valence-corrected chi connectivity index (χ4v) is 4.37. The van der Waals surface area contributed by atoms with Gasteiger partial charge in [0.25, 0.3) is 0 Å². The van der Waals surface area contributed by atoms with Gasteiger partial charge in [0.05, 0.1) is 11.7 Å². The Balaban J connectivity index is 0.00000180. The highest BCUT2D eigenvalue weighted by Crippen LogP contribution is 2.13. The van der Waals surface area contributed by atoms with E-state index in [9.17, 15) is 13.2 Å². The fraction of sp³-hybridized carbons (Fsp3) is 0.900. The fourth-order valence-electron chi connectivity index (χ4n) is 1.88. The van der Waals surface area contributed by atoms with Gasteiger partial charge in [-0.3, -0.25) is 4.79 Å². The molecule has 0 aromatic rings. The summed E-state index contributed by atoms with van der Waals surface area (Å²) in [4.78, 5) is 11.5. The average Bonchev–Trinajstić information content (AvgIpc) is 2.27. The first-order valence-corrected chi connectivity index (χ1v) is 8.90. The summed E-state index contributed by atoms with van der Waals surface area (Å²) in [6.07, 6.45) is 0. The molecule has 2 heterocycles. The van der Waals surface area contributed by atoms with Crippen molar-refractivity contribution >= 4 is 40.1 Å². The quantitative estimate of drug-likeness (QED) is 0.685. The molecule has 0 aliphatic carbocycles. The van der Waals surface area contributed by atoms with Crippen LogP contribution in [0.1, 0.15) is 0 Å². The van der Waals surface area contributed by atoms with E-state index in [-0.39, 0.29) is 36.5 Å². The molecule has 0 spiro atoms. The highest BCUT2D eigenvalue weighted by atomic mass is 35.5. The van der Waals surface area contributed by atoms with Crippen LogP contribution in [0.5, 0.6) is 0 Å². The number of sulfonamides is 1. The number of hydrogen-bond acceptors (Lipinski definition) is 5. The number of hydrogen-bond donors (Lipinski definition) is 2. The number of nitrogens with zero attached hydrogens (tertiary/aromatic N) is 1. The molecule has 2 aliphatic rings. The molecule has 19 heavy (non-hydrogen) atoms. The van der Waals surface area contributed by atoms with Gasteiger partial charge >= 0.3 is 0 Å². The molecular formula is C10H20ClN3O3S2. The van der Waals surface area contributed by atoms with Crippen LogP contribution < -0.4 is 10.6 Å². The van der Waals surface area contributed by atoms with E-state index in [0.717, 1.165) is 11.5 Å². The summed E-state index contributed by atoms with van der Waals surface area (Å²) in [5, 5.41) is 5.70. The van der Waals surface area contributed by atoms with E-state index in [4.69, 9.17) is 0 Å². The van der Waals surface area contributed by atoms with Crippen molar-refractivity contribution in [2.45, 2.75) is 0 Å². The molecule has 0 radical (unpaired) electrons. The van der Waals surface area contributed by atoms with E-state index >= 15 is 0 Å². The van der Waals surface area contributed by atoms with Gasteiger partial charge in [0.15, 0.2) is 0 Å². The average molecular weight is 330 g/mol. The molecule has 9 heteroatoms. The minimum Gasteiger partial charge on any atom is -0.355 e. The van der Waals surface area contributed by atoms with Crippen LogP contribution in [0.4, 0.5) is 0 Å². The Morgan fingerprint density at radius 3 is 2.47 bits per heavy atom. The van der Waals surface area contributed by atoms with Gasteiger partial charge in [0.2, 0.25) is 15.9 Å². The summed E-state index contributed by atoms with van der Waals surface area (Å²) >= 11 is 1.78. The third-order valence-electron chi connectivity index (χ3n) is 3.17. The largest absolute Gasteiger partial charge is 0.355 e. The van der Waals surface area contributed by atoms with Gasteiger partial charge in [-0.1, -0.05) is 0 Å². The number of nitrogens with one attached hydrogen (secondary N) is 2. The number of carbonyl (C=O) groups excluding carboxylic acids is 1. The number of halogens is 1. The highest BCUT2D eigenvalue weighted by Gasteiger charge is 2.26. The zero-order chi connectivity index (χ0) is 13.0. The van der Waals surface area contributed by atoms with Crippen molar-refractivity contribution in [1.29, 1.82) is 0 Å². The molecule has 0 bridgehead atoms. The van der Waals surface area contributed by atoms with E-state index < -0.39 is 10.0 Å². The molecule has 0 atom stereocenters. The van der Waals surface area contributed by atoms with Gasteiger partial charge in [-0.25, -0.2) is 12.7 Å². The molecule has 2 saturated heterocycles. The first kappa shape index (κ1) is 17.0. The smallest absolute Gasteiger partial charge is 0.225 e. The minimum absolute atomic E-state index is 0. The van der Waals surface area contributed by atoms with Gasteiger partial charge in [-0.15, -0.1) is 12.4 Å². The molecule has 6 nitrogen and oxygen atoms in total. The van der Waals surface area contributed by atoms with Gasteiger partial charge in [0.1, 0.15) is 0 Å². The topological polar surface area (TPSA) is 78.5 Å². The maximum Gasteiger partial charge on any atom is 0.225 e. The lowest BCUT2D eigenvalue weighted by Crippen LogP contribution is -2.51. The lowest BCUT2D eigenvalue weighted by molar-refractivity contribution is -0.126. The van der Waals surface area contributed by atoms with Crippen LogP contribution >= 0.6 is 24.2 Å². The molecule has 2 aliphatic heterocycles. The molecule has 112 valence electrons. The third-order valence-corrected chi connectivity index (χ3v) is 5.99. The molecular weight excluding hydrogens is 310 g/mol. The summed E-state index contributed by atoms with van der Waals surface area (Å²) in [7, 11) is -3.20. The normalized spacial score (nSPS) is 21.3. The van der Waals surface area contributed by atoms with Gasteiger partial charge in [0, 0.05) is 44.2 Å². The first-order chi connectivity index (χ1) is 8.59. The van der Waals surface area contributed by atoms with Gasteiger partial charge < -0.3 is 10.6 Å². The van der Waals surface area contributed by atoms with E-state index in [1.54, 1.807) is 11.8 Å². The number of amides is 1. The second-order valence-corrected chi connectivity index (χ2v) is 7.79. The summed E-state index contributed by atoms with van der Waals surface area (Å²) < 4.78 is 25.5. The SMILES string of the molecule is Cl.O=C(NCCS(=O)(=O)N1CCSCC1)C1CNC1. The zero-order valence-corrected chi connectivity index (χ0v) is 13.1. The standard InChI is InChI=1S/C10H19N3O3S2.ClH/c14-10(9-7-11-8-9)12-1-6-18(15,16)13-2-4-17-5-3-13;/h9,11H,1-8H2,(H,12,14);1H. The Morgan fingerprint density at radius 2 is 1.95 bits per heavy atom. The minimum atomic E-state index is -3.20. The number of carbonyl (C=O) groups is 1. The van der Waals surface area contributed by atoms with Gasteiger partial charge in [-0.05, 0) is 0 Å². The van der Waals surface area contributed by atoms with Crippen LogP contribution in [0.15, 0.2) is 0 Å². The molecule has 0 unspecified atom stereocenters. The Kier molecular flexibility index (Phi) is 6.89. The van der Waals surface area contributed by atoms with Crippen molar-refractivity contribution in [3.63, 3.8) is 0 Å². The molecule has 2 rings (SSSR count). The van der Waals surface area contributed by atoms with Crippen molar-refractivity contribution in [3.8, 4) is 0 Å². The van der Waals surface area contributed by atoms with Crippen molar-refractivity contribution in [2.75, 3.05) is 50.0 Å². The zero-order valence-electron chi connectivity index (χ0n) is 10.6. The maximum atomic E-state index is 12.0. The lowest BCUT2D eigenvalue weighted by Gasteiger charge is -2.27. The number of rotatable bonds is 5. The monoisotopic (exact) mass is 329 g/mol. The Labute approximate surface area is 124 Å². The van der Waals surface area contributed by atoms with Crippen molar-refractivity contribution < 1.29 is 13.2 Å². The predicted octanol–water partition coefficient (Wildman–Crippen LogP) is -0.878. The molecule has 2 fully saturated rings. The van der Waals surface area contributed by atoms with Gasteiger partial charge in [-0.2, -0.15) is 11.8 Å². The molecule has 2 N–H and O–H groups in total. The number of thioether (sulfide) groups is 1. The second kappa shape index (κ2) is 7.68. The summed E-state index contributed by atoms with van der Waals surface area (Å²) in [6.45, 7) is 2.78. The summed E-state index contributed by atoms with van der Waals surface area (Å²) in [5.41, 5.74) is 0. The first-order valence-electron chi connectivity index (χ1n) is 6.13. The molecule has 0 aromatic heterocycles. The van der Waals surface area contributed by atoms with Crippen LogP contribution in [0.2, 0.25) is 0 Å². The summed E-state index contributed by atoms with van der Waals surface area (Å²) in [5.74, 6) is 1.69. The van der Waals surface area contributed by atoms with Crippen LogP contribution in [-0.2, 0) is 14.8 Å². The van der Waals surface area contributed by atoms with Crippen LogP contribution in [0.25, 0.3) is 0 Å². The summed E-state index contributed by atoms with van der Waals surface area (Å²) in [6, 6.07) is 0. The van der Waals surface area contributed by atoms with Crippen molar-refractivity contribution in [1.82, 2.24) is 14.9 Å². The van der Waals surface area contributed by atoms with Crippen LogP contribution in [-0.4, -0.2) is 68.6 Å². The third kappa shape index (κ3) is 4.78. The van der Waals surface area contributed by atoms with Crippen LogP contribution in [0.3, 0.4) is 0 Å². The van der Waals surface area contributed by atoms with E-state index in [0.29, 0.717) is 26.2 Å². The van der Waals surface area contributed by atoms with E-state index in [2.05, 4.69) is 10.6 Å².